The predicted octanol–water partition coefficient (Wildman–Crippen LogP) is 1.20. The summed E-state index contributed by atoms with van der Waals surface area (Å²) >= 11 is 0. The van der Waals surface area contributed by atoms with Crippen LogP contribution >= 0.6 is 0 Å². The molecule has 2 aromatic heterocycles. The number of aryl methyl sites for hydroxylation is 1. The molecule has 0 aromatic carbocycles. The smallest absolute Gasteiger partial charge is 0.242 e. The SMILES string of the molecule is Cn1ccc2ccnc(CC3CN(C(=O)CN4CCCC4=O)C3)c21. The van der Waals surface area contributed by atoms with Gasteiger partial charge in [-0.15, -0.1) is 0 Å². The van der Waals surface area contributed by atoms with Crippen molar-refractivity contribution >= 4 is 22.7 Å². The summed E-state index contributed by atoms with van der Waals surface area (Å²) in [6, 6.07) is 4.13. The zero-order chi connectivity index (χ0) is 16.7. The molecule has 0 atom stereocenters. The number of carbonyl (C=O) groups excluding carboxylic acids is 2. The van der Waals surface area contributed by atoms with Crippen molar-refractivity contribution in [1.82, 2.24) is 19.4 Å². The number of likely N-dealkylation sites (tertiary alicyclic amines) is 2. The largest absolute Gasteiger partial charge is 0.349 e. The molecule has 24 heavy (non-hydrogen) atoms. The predicted molar refractivity (Wildman–Crippen MR) is 90.3 cm³/mol. The van der Waals surface area contributed by atoms with Gasteiger partial charge in [0, 0.05) is 50.9 Å². The van der Waals surface area contributed by atoms with Gasteiger partial charge in [-0.3, -0.25) is 14.6 Å². The Hall–Kier alpha value is -2.37. The van der Waals surface area contributed by atoms with E-state index in [0.717, 1.165) is 38.2 Å². The Morgan fingerprint density at radius 3 is 2.92 bits per heavy atom. The average molecular weight is 326 g/mol. The molecule has 0 N–H and O–H groups in total. The molecular weight excluding hydrogens is 304 g/mol. The second kappa shape index (κ2) is 5.92. The van der Waals surface area contributed by atoms with E-state index >= 15 is 0 Å². The maximum atomic E-state index is 12.3. The summed E-state index contributed by atoms with van der Waals surface area (Å²) in [6.07, 6.45) is 6.27. The van der Waals surface area contributed by atoms with E-state index in [0.29, 0.717) is 12.3 Å². The number of hydrogen-bond donors (Lipinski definition) is 0. The lowest BCUT2D eigenvalue weighted by Crippen LogP contribution is -2.53. The van der Waals surface area contributed by atoms with Gasteiger partial charge in [0.1, 0.15) is 0 Å². The van der Waals surface area contributed by atoms with Gasteiger partial charge in [-0.05, 0) is 30.9 Å². The van der Waals surface area contributed by atoms with Crippen LogP contribution in [-0.2, 0) is 23.1 Å². The lowest BCUT2D eigenvalue weighted by atomic mass is 9.93. The van der Waals surface area contributed by atoms with Gasteiger partial charge in [-0.25, -0.2) is 0 Å². The Bertz CT molecular complexity index is 791. The van der Waals surface area contributed by atoms with Crippen molar-refractivity contribution in [1.29, 1.82) is 0 Å². The van der Waals surface area contributed by atoms with E-state index in [1.165, 1.54) is 10.9 Å². The molecule has 2 fully saturated rings. The maximum Gasteiger partial charge on any atom is 0.242 e. The maximum absolute atomic E-state index is 12.3. The van der Waals surface area contributed by atoms with Crippen molar-refractivity contribution in [2.45, 2.75) is 19.3 Å². The van der Waals surface area contributed by atoms with Gasteiger partial charge in [-0.1, -0.05) is 0 Å². The highest BCUT2D eigenvalue weighted by molar-refractivity contribution is 5.86. The normalized spacial score (nSPS) is 18.5. The number of rotatable bonds is 4. The minimum absolute atomic E-state index is 0.0755. The molecule has 0 unspecified atom stereocenters. The van der Waals surface area contributed by atoms with Gasteiger partial charge in [0.15, 0.2) is 0 Å². The van der Waals surface area contributed by atoms with E-state index in [4.69, 9.17) is 0 Å². The highest BCUT2D eigenvalue weighted by Gasteiger charge is 2.33. The zero-order valence-corrected chi connectivity index (χ0v) is 13.9. The lowest BCUT2D eigenvalue weighted by molar-refractivity contribution is -0.142. The molecule has 0 bridgehead atoms. The number of carbonyl (C=O) groups is 2. The molecule has 0 spiro atoms. The van der Waals surface area contributed by atoms with Gasteiger partial charge < -0.3 is 14.4 Å². The van der Waals surface area contributed by atoms with Crippen LogP contribution in [0.2, 0.25) is 0 Å². The van der Waals surface area contributed by atoms with Gasteiger partial charge in [-0.2, -0.15) is 0 Å². The van der Waals surface area contributed by atoms with Gasteiger partial charge in [0.05, 0.1) is 17.8 Å². The lowest BCUT2D eigenvalue weighted by Gasteiger charge is -2.40. The van der Waals surface area contributed by atoms with E-state index in [1.54, 1.807) is 4.90 Å². The minimum Gasteiger partial charge on any atom is -0.349 e. The Balaban J connectivity index is 1.35. The monoisotopic (exact) mass is 326 g/mol. The van der Waals surface area contributed by atoms with Crippen LogP contribution in [0.25, 0.3) is 10.9 Å². The Morgan fingerprint density at radius 1 is 1.33 bits per heavy atom. The third kappa shape index (κ3) is 2.66. The van der Waals surface area contributed by atoms with Crippen LogP contribution in [0.3, 0.4) is 0 Å². The Labute approximate surface area is 141 Å². The Morgan fingerprint density at radius 2 is 2.17 bits per heavy atom. The topological polar surface area (TPSA) is 58.4 Å². The van der Waals surface area contributed by atoms with E-state index in [1.807, 2.05) is 24.2 Å². The molecule has 0 saturated carbocycles. The number of fused-ring (bicyclic) bond motifs is 1. The van der Waals surface area contributed by atoms with Crippen LogP contribution in [-0.4, -0.2) is 57.3 Å². The minimum atomic E-state index is 0.0755. The van der Waals surface area contributed by atoms with Gasteiger partial charge >= 0.3 is 0 Å². The summed E-state index contributed by atoms with van der Waals surface area (Å²) in [5.41, 5.74) is 2.29. The number of pyridine rings is 1. The van der Waals surface area contributed by atoms with Crippen molar-refractivity contribution in [3.05, 3.63) is 30.2 Å². The van der Waals surface area contributed by atoms with Crippen LogP contribution in [0, 0.1) is 5.92 Å². The fraction of sp³-hybridized carbons (Fsp3) is 0.500. The first-order valence-electron chi connectivity index (χ1n) is 8.56. The van der Waals surface area contributed by atoms with Crippen LogP contribution < -0.4 is 0 Å². The molecule has 6 nitrogen and oxygen atoms in total. The quantitative estimate of drug-likeness (QED) is 0.848. The number of nitrogens with zero attached hydrogens (tertiary/aromatic N) is 4. The second-order valence-corrected chi connectivity index (χ2v) is 6.91. The number of amides is 2. The first-order valence-corrected chi connectivity index (χ1v) is 8.56. The van der Waals surface area contributed by atoms with Crippen molar-refractivity contribution in [2.75, 3.05) is 26.2 Å². The van der Waals surface area contributed by atoms with Crippen molar-refractivity contribution in [3.8, 4) is 0 Å². The zero-order valence-electron chi connectivity index (χ0n) is 13.9. The van der Waals surface area contributed by atoms with Gasteiger partial charge in [0.2, 0.25) is 11.8 Å². The molecule has 126 valence electrons. The average Bonchev–Trinajstić information content (AvgIpc) is 3.10. The van der Waals surface area contributed by atoms with E-state index < -0.39 is 0 Å². The molecule has 2 aromatic rings. The molecule has 4 heterocycles. The molecule has 2 saturated heterocycles. The summed E-state index contributed by atoms with van der Waals surface area (Å²) in [7, 11) is 2.04. The molecule has 6 heteroatoms. The summed E-state index contributed by atoms with van der Waals surface area (Å²) in [5, 5.41) is 1.21. The molecule has 4 rings (SSSR count). The van der Waals surface area contributed by atoms with E-state index in [2.05, 4.69) is 21.8 Å². The van der Waals surface area contributed by atoms with Crippen LogP contribution in [0.4, 0.5) is 0 Å². The third-order valence-electron chi connectivity index (χ3n) is 5.15. The third-order valence-corrected chi connectivity index (χ3v) is 5.15. The molecule has 2 aliphatic rings. The molecule has 0 aliphatic carbocycles. The van der Waals surface area contributed by atoms with E-state index in [9.17, 15) is 9.59 Å². The standard InChI is InChI=1S/C18H22N4O2/c1-20-8-5-14-4-6-19-15(18(14)20)9-13-10-22(11-13)17(24)12-21-7-2-3-16(21)23/h4-6,8,13H,2-3,7,9-12H2,1H3. The second-order valence-electron chi connectivity index (χ2n) is 6.91. The fourth-order valence-electron chi connectivity index (χ4n) is 3.78. The van der Waals surface area contributed by atoms with Gasteiger partial charge in [0.25, 0.3) is 0 Å². The number of hydrogen-bond acceptors (Lipinski definition) is 3. The van der Waals surface area contributed by atoms with Crippen molar-refractivity contribution in [2.24, 2.45) is 13.0 Å². The Kier molecular flexibility index (Phi) is 3.75. The number of aromatic nitrogens is 2. The first kappa shape index (κ1) is 15.2. The molecule has 2 aliphatic heterocycles. The van der Waals surface area contributed by atoms with Crippen LogP contribution in [0.15, 0.2) is 24.5 Å². The fourth-order valence-corrected chi connectivity index (χ4v) is 3.78. The summed E-state index contributed by atoms with van der Waals surface area (Å²) in [5.74, 6) is 0.641. The van der Waals surface area contributed by atoms with E-state index in [-0.39, 0.29) is 18.4 Å². The summed E-state index contributed by atoms with van der Waals surface area (Å²) in [4.78, 5) is 32.0. The highest BCUT2D eigenvalue weighted by atomic mass is 16.2. The van der Waals surface area contributed by atoms with Crippen LogP contribution in [0.1, 0.15) is 18.5 Å². The summed E-state index contributed by atoms with van der Waals surface area (Å²) in [6.45, 7) is 2.51. The van der Waals surface area contributed by atoms with Crippen molar-refractivity contribution in [3.63, 3.8) is 0 Å². The van der Waals surface area contributed by atoms with Crippen LogP contribution in [0.5, 0.6) is 0 Å². The summed E-state index contributed by atoms with van der Waals surface area (Å²) < 4.78 is 2.11. The molecule has 2 amide bonds. The highest BCUT2D eigenvalue weighted by Crippen LogP contribution is 2.25. The first-order chi connectivity index (χ1) is 11.6. The van der Waals surface area contributed by atoms with Crippen molar-refractivity contribution < 1.29 is 9.59 Å². The molecule has 0 radical (unpaired) electrons. The molecular formula is C18H22N4O2.